The van der Waals surface area contributed by atoms with Crippen molar-refractivity contribution in [3.05, 3.63) is 58.2 Å². The Hall–Kier alpha value is -2.44. The van der Waals surface area contributed by atoms with E-state index < -0.39 is 0 Å². The lowest BCUT2D eigenvalue weighted by molar-refractivity contribution is 0.0959. The van der Waals surface area contributed by atoms with Gasteiger partial charge in [-0.05, 0) is 24.3 Å². The predicted molar refractivity (Wildman–Crippen MR) is 92.7 cm³/mol. The topological polar surface area (TPSA) is 63.6 Å². The second-order valence-electron chi connectivity index (χ2n) is 4.59. The highest BCUT2D eigenvalue weighted by Crippen LogP contribution is 2.37. The van der Waals surface area contributed by atoms with E-state index in [1.54, 1.807) is 25.6 Å². The molecule has 0 aliphatic heterocycles. The number of carbonyl (C=O) groups excluding carboxylic acids is 1. The Morgan fingerprint density at radius 2 is 2.30 bits per heavy atom. The van der Waals surface area contributed by atoms with Crippen LogP contribution in [0.4, 0.5) is 0 Å². The summed E-state index contributed by atoms with van der Waals surface area (Å²) in [5.74, 6) is 0.368. The number of methoxy groups -OCH3 is 1. The van der Waals surface area contributed by atoms with Crippen LogP contribution < -0.4 is 10.2 Å². The molecule has 2 aromatic heterocycles. The largest absolute Gasteiger partial charge is 0.497 e. The fourth-order valence-corrected chi connectivity index (χ4v) is 3.42. The average Bonchev–Trinajstić information content (AvgIpc) is 2.92. The van der Waals surface area contributed by atoms with Gasteiger partial charge in [0.25, 0.3) is 5.91 Å². The SMILES string of the molecule is COc1ccc2c(Cl)c(C(=O)NN=Cc3cccnc3)sc2c1. The summed E-state index contributed by atoms with van der Waals surface area (Å²) in [7, 11) is 1.59. The summed E-state index contributed by atoms with van der Waals surface area (Å²) < 4.78 is 6.06. The standard InChI is InChI=1S/C16H12ClN3O2S/c1-22-11-4-5-12-13(7-11)23-15(14(12)17)16(21)20-19-9-10-3-2-6-18-8-10/h2-9H,1H3,(H,20,21). The molecule has 0 bridgehead atoms. The molecule has 0 radical (unpaired) electrons. The van der Waals surface area contributed by atoms with E-state index in [4.69, 9.17) is 16.3 Å². The van der Waals surface area contributed by atoms with E-state index in [1.165, 1.54) is 17.6 Å². The molecule has 0 unspecified atom stereocenters. The molecule has 3 aromatic rings. The summed E-state index contributed by atoms with van der Waals surface area (Å²) in [5.41, 5.74) is 3.27. The number of thiophene rings is 1. The van der Waals surface area contributed by atoms with E-state index in [-0.39, 0.29) is 5.91 Å². The maximum Gasteiger partial charge on any atom is 0.283 e. The van der Waals surface area contributed by atoms with Gasteiger partial charge in [0.05, 0.1) is 18.3 Å². The van der Waals surface area contributed by atoms with Gasteiger partial charge in [0.15, 0.2) is 0 Å². The molecular formula is C16H12ClN3O2S. The van der Waals surface area contributed by atoms with Crippen LogP contribution in [0.3, 0.4) is 0 Å². The van der Waals surface area contributed by atoms with Gasteiger partial charge in [0.1, 0.15) is 10.6 Å². The quantitative estimate of drug-likeness (QED) is 0.579. The lowest BCUT2D eigenvalue weighted by Gasteiger charge is -1.98. The van der Waals surface area contributed by atoms with Crippen LogP contribution in [0.1, 0.15) is 15.2 Å². The molecule has 0 saturated heterocycles. The normalized spacial score (nSPS) is 11.0. The smallest absolute Gasteiger partial charge is 0.283 e. The van der Waals surface area contributed by atoms with Crippen LogP contribution in [0.2, 0.25) is 5.02 Å². The van der Waals surface area contributed by atoms with Crippen molar-refractivity contribution in [1.29, 1.82) is 0 Å². The molecule has 0 saturated carbocycles. The lowest BCUT2D eigenvalue weighted by Crippen LogP contribution is -2.16. The van der Waals surface area contributed by atoms with Crippen molar-refractivity contribution in [3.63, 3.8) is 0 Å². The summed E-state index contributed by atoms with van der Waals surface area (Å²) in [6.07, 6.45) is 4.84. The monoisotopic (exact) mass is 345 g/mol. The molecule has 1 amide bonds. The highest BCUT2D eigenvalue weighted by molar-refractivity contribution is 7.21. The van der Waals surface area contributed by atoms with Crippen molar-refractivity contribution in [2.45, 2.75) is 0 Å². The minimum Gasteiger partial charge on any atom is -0.497 e. The molecular weight excluding hydrogens is 334 g/mol. The van der Waals surface area contributed by atoms with Crippen LogP contribution in [-0.4, -0.2) is 24.2 Å². The molecule has 0 aliphatic carbocycles. The van der Waals surface area contributed by atoms with Crippen molar-refractivity contribution in [1.82, 2.24) is 10.4 Å². The van der Waals surface area contributed by atoms with Crippen LogP contribution in [-0.2, 0) is 0 Å². The first-order chi connectivity index (χ1) is 11.2. The summed E-state index contributed by atoms with van der Waals surface area (Å²) in [5, 5.41) is 5.16. The highest BCUT2D eigenvalue weighted by Gasteiger charge is 2.17. The zero-order chi connectivity index (χ0) is 16.2. The van der Waals surface area contributed by atoms with Gasteiger partial charge in [0.2, 0.25) is 0 Å². The minimum absolute atomic E-state index is 0.352. The Kier molecular flexibility index (Phi) is 4.55. The Bertz CT molecular complexity index is 878. The van der Waals surface area contributed by atoms with Gasteiger partial charge in [-0.2, -0.15) is 5.10 Å². The van der Waals surface area contributed by atoms with Crippen molar-refractivity contribution in [2.24, 2.45) is 5.10 Å². The molecule has 23 heavy (non-hydrogen) atoms. The molecule has 1 N–H and O–H groups in total. The van der Waals surface area contributed by atoms with Crippen molar-refractivity contribution in [2.75, 3.05) is 7.11 Å². The summed E-state index contributed by atoms with van der Waals surface area (Å²) in [6, 6.07) is 9.12. The maximum absolute atomic E-state index is 12.2. The lowest BCUT2D eigenvalue weighted by atomic mass is 10.2. The summed E-state index contributed by atoms with van der Waals surface area (Å²) in [6.45, 7) is 0. The molecule has 3 rings (SSSR count). The predicted octanol–water partition coefficient (Wildman–Crippen LogP) is 3.72. The number of aromatic nitrogens is 1. The van der Waals surface area contributed by atoms with Gasteiger partial charge in [-0.15, -0.1) is 11.3 Å². The average molecular weight is 346 g/mol. The number of halogens is 1. The molecule has 0 atom stereocenters. The zero-order valence-corrected chi connectivity index (χ0v) is 13.7. The van der Waals surface area contributed by atoms with E-state index in [9.17, 15) is 4.79 Å². The maximum atomic E-state index is 12.2. The van der Waals surface area contributed by atoms with Crippen LogP contribution in [0.25, 0.3) is 10.1 Å². The van der Waals surface area contributed by atoms with Crippen LogP contribution >= 0.6 is 22.9 Å². The zero-order valence-electron chi connectivity index (χ0n) is 12.1. The number of nitrogens with one attached hydrogen (secondary N) is 1. The number of rotatable bonds is 4. The van der Waals surface area contributed by atoms with Crippen LogP contribution in [0.5, 0.6) is 5.75 Å². The first-order valence-electron chi connectivity index (χ1n) is 6.68. The van der Waals surface area contributed by atoms with Gasteiger partial charge in [-0.1, -0.05) is 17.7 Å². The van der Waals surface area contributed by atoms with E-state index in [2.05, 4.69) is 15.5 Å². The van der Waals surface area contributed by atoms with E-state index >= 15 is 0 Å². The van der Waals surface area contributed by atoms with Crippen LogP contribution in [0, 0.1) is 0 Å². The number of pyridine rings is 1. The van der Waals surface area contributed by atoms with E-state index in [1.807, 2.05) is 24.3 Å². The van der Waals surface area contributed by atoms with Crippen molar-refractivity contribution < 1.29 is 9.53 Å². The Balaban J connectivity index is 1.81. The number of benzene rings is 1. The van der Waals surface area contributed by atoms with Gasteiger partial charge in [0, 0.05) is 28.0 Å². The number of hydrogen-bond acceptors (Lipinski definition) is 5. The number of hydrogen-bond donors (Lipinski definition) is 1. The van der Waals surface area contributed by atoms with Gasteiger partial charge in [-0.3, -0.25) is 9.78 Å². The molecule has 0 spiro atoms. The van der Waals surface area contributed by atoms with Gasteiger partial charge in [-0.25, -0.2) is 5.43 Å². The van der Waals surface area contributed by atoms with Crippen LogP contribution in [0.15, 0.2) is 47.8 Å². The second-order valence-corrected chi connectivity index (χ2v) is 6.02. The highest BCUT2D eigenvalue weighted by atomic mass is 35.5. The first-order valence-corrected chi connectivity index (χ1v) is 7.88. The molecule has 5 nitrogen and oxygen atoms in total. The van der Waals surface area contributed by atoms with Gasteiger partial charge < -0.3 is 4.74 Å². The second kappa shape index (κ2) is 6.76. The van der Waals surface area contributed by atoms with E-state index in [0.29, 0.717) is 9.90 Å². The fraction of sp³-hybridized carbons (Fsp3) is 0.0625. The van der Waals surface area contributed by atoms with Gasteiger partial charge >= 0.3 is 0 Å². The molecule has 116 valence electrons. The number of fused-ring (bicyclic) bond motifs is 1. The third-order valence-corrected chi connectivity index (χ3v) is 4.76. The first kappa shape index (κ1) is 15.5. The number of ether oxygens (including phenoxy) is 1. The molecule has 0 aliphatic rings. The third-order valence-electron chi connectivity index (χ3n) is 3.11. The third kappa shape index (κ3) is 3.33. The summed E-state index contributed by atoms with van der Waals surface area (Å²) in [4.78, 5) is 16.6. The number of amides is 1. The van der Waals surface area contributed by atoms with Crippen molar-refractivity contribution >= 4 is 45.1 Å². The van der Waals surface area contributed by atoms with Crippen molar-refractivity contribution in [3.8, 4) is 5.75 Å². The molecule has 2 heterocycles. The molecule has 0 fully saturated rings. The van der Waals surface area contributed by atoms with E-state index in [0.717, 1.165) is 21.4 Å². The molecule has 1 aromatic carbocycles. The summed E-state index contributed by atoms with van der Waals surface area (Å²) >= 11 is 7.59. The number of hydrazone groups is 1. The minimum atomic E-state index is -0.352. The number of nitrogens with zero attached hydrogens (tertiary/aromatic N) is 2. The molecule has 7 heteroatoms. The Morgan fingerprint density at radius 1 is 1.43 bits per heavy atom. The Morgan fingerprint density at radius 3 is 3.04 bits per heavy atom. The fourth-order valence-electron chi connectivity index (χ4n) is 1.99. The Labute approximate surface area is 141 Å². The number of carbonyl (C=O) groups is 1.